The van der Waals surface area contributed by atoms with Crippen molar-refractivity contribution in [2.45, 2.75) is 12.8 Å². The summed E-state index contributed by atoms with van der Waals surface area (Å²) < 4.78 is 5.59. The molecule has 2 aromatic carbocycles. The molecule has 3 aromatic rings. The van der Waals surface area contributed by atoms with Gasteiger partial charge < -0.3 is 4.42 Å². The maximum Gasteiger partial charge on any atom is 0.181 e. The highest BCUT2D eigenvalue weighted by molar-refractivity contribution is 6.19. The van der Waals surface area contributed by atoms with Crippen molar-refractivity contribution < 1.29 is 14.0 Å². The molecular formula is C20H16O3. The molecule has 3 nitrogen and oxygen atoms in total. The molecule has 0 saturated carbocycles. The normalized spacial score (nSPS) is 10.7. The number of rotatable bonds is 5. The molecule has 0 fully saturated rings. The Morgan fingerprint density at radius 3 is 1.61 bits per heavy atom. The fourth-order valence-corrected chi connectivity index (χ4v) is 2.52. The topological polar surface area (TPSA) is 47.3 Å². The van der Waals surface area contributed by atoms with Crippen molar-refractivity contribution in [3.63, 3.8) is 0 Å². The first-order chi connectivity index (χ1) is 11.2. The first-order valence-corrected chi connectivity index (χ1v) is 7.41. The lowest BCUT2D eigenvalue weighted by Crippen LogP contribution is -2.22. The van der Waals surface area contributed by atoms with Crippen molar-refractivity contribution in [2.75, 3.05) is 0 Å². The number of ketones is 2. The number of carbonyl (C=O) groups excluding carboxylic acids is 2. The molecular weight excluding hydrogens is 288 g/mol. The van der Waals surface area contributed by atoms with E-state index in [1.807, 2.05) is 12.1 Å². The highest BCUT2D eigenvalue weighted by Crippen LogP contribution is 2.27. The van der Waals surface area contributed by atoms with Crippen LogP contribution in [0.25, 0.3) is 0 Å². The Labute approximate surface area is 134 Å². The summed E-state index contributed by atoms with van der Waals surface area (Å²) in [6, 6.07) is 21.1. The van der Waals surface area contributed by atoms with Crippen LogP contribution in [0.1, 0.15) is 38.2 Å². The molecule has 3 heteroatoms. The van der Waals surface area contributed by atoms with E-state index in [2.05, 4.69) is 0 Å². The molecule has 0 amide bonds. The van der Waals surface area contributed by atoms with Crippen molar-refractivity contribution >= 4 is 11.6 Å². The predicted octanol–water partition coefficient (Wildman–Crippen LogP) is 4.44. The summed E-state index contributed by atoms with van der Waals surface area (Å²) in [6.45, 7) is 1.79. The van der Waals surface area contributed by atoms with Crippen LogP contribution in [0.3, 0.4) is 0 Å². The van der Waals surface area contributed by atoms with Gasteiger partial charge in [0.1, 0.15) is 17.4 Å². The van der Waals surface area contributed by atoms with Gasteiger partial charge in [0.25, 0.3) is 0 Å². The lowest BCUT2D eigenvalue weighted by molar-refractivity contribution is 0.0847. The lowest BCUT2D eigenvalue weighted by Gasteiger charge is -2.13. The Bertz CT molecular complexity index is 765. The molecule has 3 rings (SSSR count). The average Bonchev–Trinajstić information content (AvgIpc) is 3.02. The molecule has 0 saturated heterocycles. The van der Waals surface area contributed by atoms with Crippen LogP contribution in [0.15, 0.2) is 77.2 Å². The molecule has 114 valence electrons. The van der Waals surface area contributed by atoms with Gasteiger partial charge in [-0.15, -0.1) is 0 Å². The van der Waals surface area contributed by atoms with E-state index in [1.165, 1.54) is 0 Å². The van der Waals surface area contributed by atoms with Gasteiger partial charge in [0.2, 0.25) is 0 Å². The zero-order chi connectivity index (χ0) is 16.2. The number of carbonyl (C=O) groups is 2. The van der Waals surface area contributed by atoms with E-state index < -0.39 is 5.92 Å². The number of Topliss-reactive ketones (excluding diaryl/α,β-unsaturated/α-hetero) is 2. The van der Waals surface area contributed by atoms with Crippen LogP contribution in [0.2, 0.25) is 0 Å². The van der Waals surface area contributed by atoms with Gasteiger partial charge in [-0.05, 0) is 19.1 Å². The van der Waals surface area contributed by atoms with Gasteiger partial charge in [-0.1, -0.05) is 60.7 Å². The standard InChI is InChI=1S/C20H16O3/c1-14-12-13-17(23-14)18(19(21)15-8-4-2-5-9-15)20(22)16-10-6-3-7-11-16/h2-13,18H,1H3. The SMILES string of the molecule is Cc1ccc(C(C(=O)c2ccccc2)C(=O)c2ccccc2)o1. The van der Waals surface area contributed by atoms with Crippen LogP contribution in [0.5, 0.6) is 0 Å². The quantitative estimate of drug-likeness (QED) is 0.517. The predicted molar refractivity (Wildman–Crippen MR) is 87.7 cm³/mol. The molecule has 23 heavy (non-hydrogen) atoms. The molecule has 0 N–H and O–H groups in total. The van der Waals surface area contributed by atoms with Crippen LogP contribution in [-0.2, 0) is 0 Å². The summed E-state index contributed by atoms with van der Waals surface area (Å²) in [7, 11) is 0. The maximum atomic E-state index is 12.9. The van der Waals surface area contributed by atoms with Crippen molar-refractivity contribution in [1.82, 2.24) is 0 Å². The van der Waals surface area contributed by atoms with Crippen LogP contribution >= 0.6 is 0 Å². The second-order valence-corrected chi connectivity index (χ2v) is 5.34. The van der Waals surface area contributed by atoms with E-state index in [4.69, 9.17) is 4.42 Å². The van der Waals surface area contributed by atoms with Crippen LogP contribution in [-0.4, -0.2) is 11.6 Å². The highest BCUT2D eigenvalue weighted by Gasteiger charge is 2.32. The molecule has 0 unspecified atom stereocenters. The second-order valence-electron chi connectivity index (χ2n) is 5.34. The number of hydrogen-bond donors (Lipinski definition) is 0. The summed E-state index contributed by atoms with van der Waals surface area (Å²) in [4.78, 5) is 25.8. The molecule has 0 aliphatic rings. The van der Waals surface area contributed by atoms with E-state index in [9.17, 15) is 9.59 Å². The minimum atomic E-state index is -0.964. The zero-order valence-electron chi connectivity index (χ0n) is 12.7. The molecule has 0 spiro atoms. The van der Waals surface area contributed by atoms with E-state index in [-0.39, 0.29) is 11.6 Å². The minimum absolute atomic E-state index is 0.256. The first-order valence-electron chi connectivity index (χ1n) is 7.41. The van der Waals surface area contributed by atoms with E-state index in [1.54, 1.807) is 67.6 Å². The van der Waals surface area contributed by atoms with Gasteiger partial charge in [-0.3, -0.25) is 9.59 Å². The Hall–Kier alpha value is -2.94. The monoisotopic (exact) mass is 304 g/mol. The summed E-state index contributed by atoms with van der Waals surface area (Å²) in [5.74, 6) is -0.423. The van der Waals surface area contributed by atoms with Gasteiger partial charge in [0.15, 0.2) is 11.6 Å². The number of benzene rings is 2. The van der Waals surface area contributed by atoms with Crippen LogP contribution in [0.4, 0.5) is 0 Å². The fourth-order valence-electron chi connectivity index (χ4n) is 2.52. The van der Waals surface area contributed by atoms with Crippen molar-refractivity contribution in [3.05, 3.63) is 95.4 Å². The molecule has 0 aliphatic carbocycles. The summed E-state index contributed by atoms with van der Waals surface area (Å²) >= 11 is 0. The fraction of sp³-hybridized carbons (Fsp3) is 0.100. The molecule has 0 bridgehead atoms. The third kappa shape index (κ3) is 3.14. The summed E-state index contributed by atoms with van der Waals surface area (Å²) in [6.07, 6.45) is 0. The van der Waals surface area contributed by atoms with Gasteiger partial charge in [-0.2, -0.15) is 0 Å². The smallest absolute Gasteiger partial charge is 0.181 e. The highest BCUT2D eigenvalue weighted by atomic mass is 16.3. The number of aryl methyl sites for hydroxylation is 1. The van der Waals surface area contributed by atoms with Crippen molar-refractivity contribution in [1.29, 1.82) is 0 Å². The number of furan rings is 1. The second kappa shape index (κ2) is 6.44. The Balaban J connectivity index is 2.04. The third-order valence-electron chi connectivity index (χ3n) is 3.69. The Morgan fingerprint density at radius 2 is 1.22 bits per heavy atom. The third-order valence-corrected chi connectivity index (χ3v) is 3.69. The summed E-state index contributed by atoms with van der Waals surface area (Å²) in [5, 5.41) is 0. The number of hydrogen-bond acceptors (Lipinski definition) is 3. The van der Waals surface area contributed by atoms with E-state index >= 15 is 0 Å². The molecule has 0 radical (unpaired) electrons. The average molecular weight is 304 g/mol. The van der Waals surface area contributed by atoms with Gasteiger partial charge in [0, 0.05) is 11.1 Å². The summed E-state index contributed by atoms with van der Waals surface area (Å²) in [5.41, 5.74) is 0.992. The van der Waals surface area contributed by atoms with Crippen molar-refractivity contribution in [2.24, 2.45) is 0 Å². The minimum Gasteiger partial charge on any atom is -0.465 e. The Morgan fingerprint density at radius 1 is 0.739 bits per heavy atom. The van der Waals surface area contributed by atoms with E-state index in [0.29, 0.717) is 22.6 Å². The maximum absolute atomic E-state index is 12.9. The molecule has 1 heterocycles. The lowest BCUT2D eigenvalue weighted by atomic mass is 9.88. The first kappa shape index (κ1) is 15.0. The van der Waals surface area contributed by atoms with Crippen LogP contribution < -0.4 is 0 Å². The van der Waals surface area contributed by atoms with Crippen molar-refractivity contribution in [3.8, 4) is 0 Å². The molecule has 0 atom stereocenters. The van der Waals surface area contributed by atoms with Gasteiger partial charge >= 0.3 is 0 Å². The zero-order valence-corrected chi connectivity index (χ0v) is 12.7. The largest absolute Gasteiger partial charge is 0.465 e. The van der Waals surface area contributed by atoms with Crippen LogP contribution in [0, 0.1) is 6.92 Å². The van der Waals surface area contributed by atoms with Gasteiger partial charge in [-0.25, -0.2) is 0 Å². The molecule has 0 aliphatic heterocycles. The van der Waals surface area contributed by atoms with E-state index in [0.717, 1.165) is 0 Å². The van der Waals surface area contributed by atoms with Gasteiger partial charge in [0.05, 0.1) is 0 Å². The molecule has 1 aromatic heterocycles. The Kier molecular flexibility index (Phi) is 4.20.